The summed E-state index contributed by atoms with van der Waals surface area (Å²) in [5.74, 6) is -0.471. The van der Waals surface area contributed by atoms with Gasteiger partial charge < -0.3 is 10.1 Å². The van der Waals surface area contributed by atoms with Gasteiger partial charge in [0, 0.05) is 0 Å². The second-order valence-corrected chi connectivity index (χ2v) is 5.47. The van der Waals surface area contributed by atoms with E-state index in [0.717, 1.165) is 16.7 Å². The van der Waals surface area contributed by atoms with E-state index in [0.29, 0.717) is 0 Å². The van der Waals surface area contributed by atoms with Gasteiger partial charge in [0.1, 0.15) is 0 Å². The summed E-state index contributed by atoms with van der Waals surface area (Å²) in [7, 11) is 1.35. The largest absolute Gasteiger partial charge is 0.469 e. The Morgan fingerprint density at radius 1 is 1.04 bits per heavy atom. The van der Waals surface area contributed by atoms with Gasteiger partial charge in [0.15, 0.2) is 0 Å². The first-order chi connectivity index (χ1) is 11.1. The van der Waals surface area contributed by atoms with Crippen molar-refractivity contribution in [3.8, 4) is 0 Å². The molecule has 0 spiro atoms. The fourth-order valence-electron chi connectivity index (χ4n) is 2.32. The topological polar surface area (TPSA) is 55.4 Å². The van der Waals surface area contributed by atoms with Gasteiger partial charge in [-0.05, 0) is 18.1 Å². The van der Waals surface area contributed by atoms with Crippen molar-refractivity contribution in [2.45, 2.75) is 25.8 Å². The van der Waals surface area contributed by atoms with Crippen LogP contribution < -0.4 is 5.32 Å². The molecule has 2 rings (SSSR count). The number of ether oxygens (including phenoxy) is 1. The normalized spacial score (nSPS) is 11.6. The lowest BCUT2D eigenvalue weighted by atomic mass is 10.0. The molecule has 0 heterocycles. The summed E-state index contributed by atoms with van der Waals surface area (Å²) in [6.07, 6.45) is 0.394. The number of rotatable bonds is 6. The molecule has 0 saturated heterocycles. The molecule has 1 amide bonds. The van der Waals surface area contributed by atoms with Gasteiger partial charge in [0.2, 0.25) is 5.91 Å². The van der Waals surface area contributed by atoms with E-state index < -0.39 is 0 Å². The summed E-state index contributed by atoms with van der Waals surface area (Å²) in [5, 5.41) is 2.92. The molecule has 1 N–H and O–H groups in total. The van der Waals surface area contributed by atoms with Crippen LogP contribution in [0.1, 0.15) is 29.2 Å². The zero-order chi connectivity index (χ0) is 16.7. The van der Waals surface area contributed by atoms with Crippen molar-refractivity contribution >= 4 is 11.9 Å². The first-order valence-electron chi connectivity index (χ1n) is 7.55. The zero-order valence-corrected chi connectivity index (χ0v) is 13.4. The molecule has 0 aromatic heterocycles. The van der Waals surface area contributed by atoms with E-state index in [1.54, 1.807) is 0 Å². The summed E-state index contributed by atoms with van der Waals surface area (Å²) in [6.45, 7) is 2.01. The van der Waals surface area contributed by atoms with Crippen molar-refractivity contribution in [1.29, 1.82) is 0 Å². The summed E-state index contributed by atoms with van der Waals surface area (Å²) in [4.78, 5) is 23.9. The minimum Gasteiger partial charge on any atom is -0.469 e. The SMILES string of the molecule is COC(=O)CC(NC(=O)Cc1ccc(C)cc1)c1ccccc1. The summed E-state index contributed by atoms with van der Waals surface area (Å²) >= 11 is 0. The molecule has 0 aliphatic rings. The highest BCUT2D eigenvalue weighted by atomic mass is 16.5. The Morgan fingerprint density at radius 2 is 1.70 bits per heavy atom. The van der Waals surface area contributed by atoms with Gasteiger partial charge in [-0.25, -0.2) is 0 Å². The number of carbonyl (C=O) groups excluding carboxylic acids is 2. The molecule has 0 fully saturated rings. The molecule has 0 aliphatic carbocycles. The smallest absolute Gasteiger partial charge is 0.307 e. The Morgan fingerprint density at radius 3 is 2.30 bits per heavy atom. The van der Waals surface area contributed by atoms with Gasteiger partial charge in [-0.15, -0.1) is 0 Å². The quantitative estimate of drug-likeness (QED) is 0.835. The molecule has 4 heteroatoms. The molecule has 0 saturated carbocycles. The number of esters is 1. The standard InChI is InChI=1S/C19H21NO3/c1-14-8-10-15(11-9-14)12-18(21)20-17(13-19(22)23-2)16-6-4-3-5-7-16/h3-11,17H,12-13H2,1-2H3,(H,20,21). The number of carbonyl (C=O) groups is 2. The van der Waals surface area contributed by atoms with E-state index in [-0.39, 0.29) is 30.8 Å². The van der Waals surface area contributed by atoms with E-state index >= 15 is 0 Å². The number of nitrogens with one attached hydrogen (secondary N) is 1. The zero-order valence-electron chi connectivity index (χ0n) is 13.4. The van der Waals surface area contributed by atoms with E-state index in [1.807, 2.05) is 61.5 Å². The molecule has 1 unspecified atom stereocenters. The molecule has 23 heavy (non-hydrogen) atoms. The predicted molar refractivity (Wildman–Crippen MR) is 88.8 cm³/mol. The maximum absolute atomic E-state index is 12.3. The predicted octanol–water partition coefficient (Wildman–Crippen LogP) is 2.96. The molecule has 4 nitrogen and oxygen atoms in total. The molecule has 1 atom stereocenters. The highest BCUT2D eigenvalue weighted by molar-refractivity contribution is 5.80. The first kappa shape index (κ1) is 16.7. The van der Waals surface area contributed by atoms with Crippen LogP contribution in [0, 0.1) is 6.92 Å². The Hall–Kier alpha value is -2.62. The van der Waals surface area contributed by atoms with E-state index in [2.05, 4.69) is 5.32 Å². The van der Waals surface area contributed by atoms with Crippen molar-refractivity contribution < 1.29 is 14.3 Å². The fraction of sp³-hybridized carbons (Fsp3) is 0.263. The van der Waals surface area contributed by atoms with Gasteiger partial charge in [0.05, 0.1) is 26.0 Å². The van der Waals surface area contributed by atoms with E-state index in [1.165, 1.54) is 7.11 Å². The second-order valence-electron chi connectivity index (χ2n) is 5.47. The van der Waals surface area contributed by atoms with Crippen LogP contribution in [0.25, 0.3) is 0 Å². The molecule has 120 valence electrons. The number of methoxy groups -OCH3 is 1. The highest BCUT2D eigenvalue weighted by Gasteiger charge is 2.18. The van der Waals surface area contributed by atoms with Crippen LogP contribution in [0.3, 0.4) is 0 Å². The van der Waals surface area contributed by atoms with Gasteiger partial charge in [0.25, 0.3) is 0 Å². The van der Waals surface area contributed by atoms with Crippen LogP contribution in [-0.4, -0.2) is 19.0 Å². The van der Waals surface area contributed by atoms with Crippen LogP contribution in [0.2, 0.25) is 0 Å². The van der Waals surface area contributed by atoms with Gasteiger partial charge >= 0.3 is 5.97 Å². The monoisotopic (exact) mass is 311 g/mol. The Kier molecular flexibility index (Phi) is 5.92. The molecular formula is C19H21NO3. The summed E-state index contributed by atoms with van der Waals surface area (Å²) in [5.41, 5.74) is 2.98. The fourth-order valence-corrected chi connectivity index (χ4v) is 2.32. The third-order valence-electron chi connectivity index (χ3n) is 3.62. The van der Waals surface area contributed by atoms with Crippen molar-refractivity contribution in [2.75, 3.05) is 7.11 Å². The van der Waals surface area contributed by atoms with E-state index in [9.17, 15) is 9.59 Å². The molecular weight excluding hydrogens is 290 g/mol. The molecule has 2 aromatic rings. The van der Waals surface area contributed by atoms with Crippen LogP contribution in [-0.2, 0) is 20.7 Å². The number of aryl methyl sites for hydroxylation is 1. The molecule has 0 bridgehead atoms. The maximum Gasteiger partial charge on any atom is 0.307 e. The molecule has 0 radical (unpaired) electrons. The minimum atomic E-state index is -0.387. The molecule has 2 aromatic carbocycles. The average Bonchev–Trinajstić information content (AvgIpc) is 2.57. The summed E-state index contributed by atoms with van der Waals surface area (Å²) in [6, 6.07) is 16.9. The van der Waals surface area contributed by atoms with Gasteiger partial charge in [-0.1, -0.05) is 60.2 Å². The number of amides is 1. The lowest BCUT2D eigenvalue weighted by molar-refractivity contribution is -0.141. The molecule has 0 aliphatic heterocycles. The van der Waals surface area contributed by atoms with Crippen LogP contribution >= 0.6 is 0 Å². The maximum atomic E-state index is 12.3. The number of benzene rings is 2. The van der Waals surface area contributed by atoms with Crippen molar-refractivity contribution in [2.24, 2.45) is 0 Å². The van der Waals surface area contributed by atoms with Crippen molar-refractivity contribution in [3.63, 3.8) is 0 Å². The number of hydrogen-bond donors (Lipinski definition) is 1. The third kappa shape index (κ3) is 5.25. The van der Waals surface area contributed by atoms with Gasteiger partial charge in [-0.3, -0.25) is 9.59 Å². The van der Waals surface area contributed by atoms with E-state index in [4.69, 9.17) is 4.74 Å². The Bertz CT molecular complexity index is 650. The highest BCUT2D eigenvalue weighted by Crippen LogP contribution is 2.17. The first-order valence-corrected chi connectivity index (χ1v) is 7.55. The minimum absolute atomic E-state index is 0.111. The Labute approximate surface area is 136 Å². The second kappa shape index (κ2) is 8.13. The third-order valence-corrected chi connectivity index (χ3v) is 3.62. The van der Waals surface area contributed by atoms with Crippen LogP contribution in [0.4, 0.5) is 0 Å². The average molecular weight is 311 g/mol. The number of hydrogen-bond acceptors (Lipinski definition) is 3. The van der Waals surface area contributed by atoms with Crippen LogP contribution in [0.15, 0.2) is 54.6 Å². The summed E-state index contributed by atoms with van der Waals surface area (Å²) < 4.78 is 4.72. The van der Waals surface area contributed by atoms with Crippen LogP contribution in [0.5, 0.6) is 0 Å². The lowest BCUT2D eigenvalue weighted by Gasteiger charge is -2.18. The van der Waals surface area contributed by atoms with Crippen molar-refractivity contribution in [1.82, 2.24) is 5.32 Å². The van der Waals surface area contributed by atoms with Gasteiger partial charge in [-0.2, -0.15) is 0 Å². The lowest BCUT2D eigenvalue weighted by Crippen LogP contribution is -2.31. The van der Waals surface area contributed by atoms with Crippen molar-refractivity contribution in [3.05, 3.63) is 71.3 Å². The Balaban J connectivity index is 2.05.